The minimum absolute atomic E-state index is 0.204. The first-order valence-electron chi connectivity index (χ1n) is 4.73. The van der Waals surface area contributed by atoms with E-state index in [2.05, 4.69) is 5.32 Å². The third kappa shape index (κ3) is 3.62. The van der Waals surface area contributed by atoms with Gasteiger partial charge < -0.3 is 5.32 Å². The summed E-state index contributed by atoms with van der Waals surface area (Å²) in [6.45, 7) is 1.38. The molecule has 0 heterocycles. The Kier molecular flexibility index (Phi) is 4.43. The third-order valence-corrected chi connectivity index (χ3v) is 2.24. The normalized spacial score (nSPS) is 9.94. The zero-order valence-electron chi connectivity index (χ0n) is 8.72. The number of Topliss-reactive ketones (excluding diaryl/α,β-unsaturated/α-hetero) is 1. The number of benzene rings is 1. The van der Waals surface area contributed by atoms with Gasteiger partial charge in [0.15, 0.2) is 0 Å². The lowest BCUT2D eigenvalue weighted by atomic mass is 10.1. The summed E-state index contributed by atoms with van der Waals surface area (Å²) in [7, 11) is 0. The van der Waals surface area contributed by atoms with E-state index in [9.17, 15) is 14.0 Å². The molecule has 1 aromatic carbocycles. The molecule has 0 aliphatic rings. The predicted molar refractivity (Wildman–Crippen MR) is 58.8 cm³/mol. The van der Waals surface area contributed by atoms with Gasteiger partial charge in [0.05, 0.1) is 0 Å². The van der Waals surface area contributed by atoms with Crippen LogP contribution in [0.3, 0.4) is 0 Å². The highest BCUT2D eigenvalue weighted by atomic mass is 35.5. The maximum Gasteiger partial charge on any atom is 0.287 e. The monoisotopic (exact) mass is 243 g/mol. The van der Waals surface area contributed by atoms with Crippen LogP contribution < -0.4 is 5.32 Å². The Labute approximate surface area is 97.6 Å². The Bertz CT molecular complexity index is 420. The van der Waals surface area contributed by atoms with Crippen molar-refractivity contribution in [3.8, 4) is 0 Å². The van der Waals surface area contributed by atoms with E-state index in [1.54, 1.807) is 0 Å². The van der Waals surface area contributed by atoms with Crippen LogP contribution in [0.4, 0.5) is 4.39 Å². The van der Waals surface area contributed by atoms with E-state index in [1.165, 1.54) is 25.1 Å². The molecule has 3 nitrogen and oxygen atoms in total. The van der Waals surface area contributed by atoms with Crippen LogP contribution in [0.15, 0.2) is 18.2 Å². The molecule has 0 bridgehead atoms. The Morgan fingerprint density at radius 2 is 2.12 bits per heavy atom. The summed E-state index contributed by atoms with van der Waals surface area (Å²) >= 11 is 5.70. The fourth-order valence-electron chi connectivity index (χ4n) is 1.17. The first-order chi connectivity index (χ1) is 7.50. The molecule has 0 saturated carbocycles. The largest absolute Gasteiger partial charge is 0.349 e. The van der Waals surface area contributed by atoms with Crippen molar-refractivity contribution >= 4 is 23.3 Å². The van der Waals surface area contributed by atoms with Crippen LogP contribution in [0.1, 0.15) is 12.5 Å². The third-order valence-electron chi connectivity index (χ3n) is 2.01. The van der Waals surface area contributed by atoms with E-state index in [-0.39, 0.29) is 12.4 Å². The number of carbonyl (C=O) groups excluding carboxylic acids is 2. The smallest absolute Gasteiger partial charge is 0.287 e. The summed E-state index contributed by atoms with van der Waals surface area (Å²) in [5.74, 6) is -1.60. The maximum atomic E-state index is 13.2. The highest BCUT2D eigenvalue weighted by Crippen LogP contribution is 2.14. The van der Waals surface area contributed by atoms with Gasteiger partial charge in [-0.15, -0.1) is 0 Å². The Morgan fingerprint density at radius 3 is 2.75 bits per heavy atom. The van der Waals surface area contributed by atoms with Crippen molar-refractivity contribution in [2.75, 3.05) is 6.54 Å². The van der Waals surface area contributed by atoms with Gasteiger partial charge in [0.1, 0.15) is 5.82 Å². The molecule has 1 amide bonds. The summed E-state index contributed by atoms with van der Waals surface area (Å²) in [6, 6.07) is 4.22. The van der Waals surface area contributed by atoms with Crippen LogP contribution in [-0.4, -0.2) is 18.2 Å². The van der Waals surface area contributed by atoms with E-state index in [1.807, 2.05) is 0 Å². The number of nitrogens with one attached hydrogen (secondary N) is 1. The van der Waals surface area contributed by atoms with Crippen LogP contribution in [0.5, 0.6) is 0 Å². The van der Waals surface area contributed by atoms with Crippen molar-refractivity contribution in [1.29, 1.82) is 0 Å². The molecule has 1 aromatic rings. The fraction of sp³-hybridized carbons (Fsp3) is 0.273. The van der Waals surface area contributed by atoms with Gasteiger partial charge >= 0.3 is 0 Å². The molecule has 0 aliphatic heterocycles. The summed E-state index contributed by atoms with van der Waals surface area (Å²) < 4.78 is 13.2. The van der Waals surface area contributed by atoms with Crippen molar-refractivity contribution in [2.24, 2.45) is 0 Å². The van der Waals surface area contributed by atoms with E-state index in [0.29, 0.717) is 17.0 Å². The fourth-order valence-corrected chi connectivity index (χ4v) is 1.36. The molecule has 1 rings (SSSR count). The highest BCUT2D eigenvalue weighted by Gasteiger charge is 2.07. The number of carbonyl (C=O) groups is 2. The molecule has 86 valence electrons. The van der Waals surface area contributed by atoms with E-state index in [4.69, 9.17) is 11.6 Å². The molecule has 0 radical (unpaired) electrons. The van der Waals surface area contributed by atoms with Gasteiger partial charge in [-0.1, -0.05) is 11.6 Å². The molecule has 0 fully saturated rings. The van der Waals surface area contributed by atoms with Crippen molar-refractivity contribution in [3.63, 3.8) is 0 Å². The summed E-state index contributed by atoms with van der Waals surface area (Å²) in [6.07, 6.45) is 0.297. The number of hydrogen-bond donors (Lipinski definition) is 1. The molecule has 0 atom stereocenters. The highest BCUT2D eigenvalue weighted by molar-refractivity contribution is 6.35. The van der Waals surface area contributed by atoms with Gasteiger partial charge in [0.2, 0.25) is 5.78 Å². The Balaban J connectivity index is 2.52. The Hall–Kier alpha value is -1.42. The van der Waals surface area contributed by atoms with Crippen molar-refractivity contribution in [3.05, 3.63) is 34.6 Å². The second-order valence-corrected chi connectivity index (χ2v) is 3.73. The van der Waals surface area contributed by atoms with Gasteiger partial charge in [-0.3, -0.25) is 9.59 Å². The number of halogens is 2. The molecule has 16 heavy (non-hydrogen) atoms. The SMILES string of the molecule is CC(=O)C(=O)NCCc1cc(Cl)ccc1F. The number of rotatable bonds is 4. The zero-order valence-corrected chi connectivity index (χ0v) is 9.47. The topological polar surface area (TPSA) is 46.2 Å². The predicted octanol–water partition coefficient (Wildman–Crippen LogP) is 1.73. The Morgan fingerprint density at radius 1 is 1.44 bits per heavy atom. The van der Waals surface area contributed by atoms with Crippen LogP contribution >= 0.6 is 11.6 Å². The number of hydrogen-bond acceptors (Lipinski definition) is 2. The minimum Gasteiger partial charge on any atom is -0.349 e. The van der Waals surface area contributed by atoms with Gasteiger partial charge in [0.25, 0.3) is 5.91 Å². The first-order valence-corrected chi connectivity index (χ1v) is 5.11. The lowest BCUT2D eigenvalue weighted by Gasteiger charge is -2.04. The van der Waals surface area contributed by atoms with Gasteiger partial charge in [-0.05, 0) is 30.2 Å². The van der Waals surface area contributed by atoms with E-state index in [0.717, 1.165) is 0 Å². The number of amides is 1. The zero-order chi connectivity index (χ0) is 12.1. The lowest BCUT2D eigenvalue weighted by molar-refractivity contribution is -0.136. The molecule has 0 aliphatic carbocycles. The molecule has 0 unspecified atom stereocenters. The average Bonchev–Trinajstić information content (AvgIpc) is 2.22. The summed E-state index contributed by atoms with van der Waals surface area (Å²) in [4.78, 5) is 21.5. The molecular weight excluding hydrogens is 233 g/mol. The van der Waals surface area contributed by atoms with Crippen LogP contribution in [0, 0.1) is 5.82 Å². The summed E-state index contributed by atoms with van der Waals surface area (Å²) in [5.41, 5.74) is 0.413. The molecular formula is C11H11ClFNO2. The van der Waals surface area contributed by atoms with Crippen LogP contribution in [-0.2, 0) is 16.0 Å². The second kappa shape index (κ2) is 5.61. The molecule has 5 heteroatoms. The van der Waals surface area contributed by atoms with Crippen molar-refractivity contribution in [1.82, 2.24) is 5.32 Å². The first kappa shape index (κ1) is 12.6. The van der Waals surface area contributed by atoms with Crippen molar-refractivity contribution in [2.45, 2.75) is 13.3 Å². The van der Waals surface area contributed by atoms with Gasteiger partial charge in [0, 0.05) is 18.5 Å². The van der Waals surface area contributed by atoms with Crippen molar-refractivity contribution < 1.29 is 14.0 Å². The van der Waals surface area contributed by atoms with E-state index >= 15 is 0 Å². The molecule has 0 saturated heterocycles. The number of ketones is 1. The molecule has 0 aromatic heterocycles. The lowest BCUT2D eigenvalue weighted by Crippen LogP contribution is -2.30. The van der Waals surface area contributed by atoms with Gasteiger partial charge in [-0.25, -0.2) is 4.39 Å². The quantitative estimate of drug-likeness (QED) is 0.819. The maximum absolute atomic E-state index is 13.2. The van der Waals surface area contributed by atoms with E-state index < -0.39 is 11.7 Å². The van der Waals surface area contributed by atoms with Crippen LogP contribution in [0.25, 0.3) is 0 Å². The average molecular weight is 244 g/mol. The minimum atomic E-state index is -0.664. The van der Waals surface area contributed by atoms with Crippen LogP contribution in [0.2, 0.25) is 5.02 Å². The van der Waals surface area contributed by atoms with Gasteiger partial charge in [-0.2, -0.15) is 0 Å². The second-order valence-electron chi connectivity index (χ2n) is 3.30. The standard InChI is InChI=1S/C11H11ClFNO2/c1-7(15)11(16)14-5-4-8-6-9(12)2-3-10(8)13/h2-3,6H,4-5H2,1H3,(H,14,16). The molecule has 0 spiro atoms. The summed E-state index contributed by atoms with van der Waals surface area (Å²) in [5, 5.41) is 2.82. The molecule has 1 N–H and O–H groups in total.